The van der Waals surface area contributed by atoms with E-state index >= 15 is 0 Å². The van der Waals surface area contributed by atoms with Gasteiger partial charge in [-0.2, -0.15) is 26.3 Å². The molecule has 0 radical (unpaired) electrons. The Balaban J connectivity index is 0.000000240. The summed E-state index contributed by atoms with van der Waals surface area (Å²) >= 11 is 0. The van der Waals surface area contributed by atoms with Crippen molar-refractivity contribution in [2.45, 2.75) is 78.8 Å². The number of alkyl halides is 6. The minimum absolute atomic E-state index is 0.0598. The number of ether oxygens (including phenoxy) is 2. The van der Waals surface area contributed by atoms with E-state index in [0.29, 0.717) is 0 Å². The number of carbonyl (C=O) groups is 2. The fourth-order valence-electron chi connectivity index (χ4n) is 4.40. The molecular formula is C28H36F6N6O4. The van der Waals surface area contributed by atoms with Crippen molar-refractivity contribution in [1.82, 2.24) is 19.9 Å². The van der Waals surface area contributed by atoms with E-state index in [1.165, 1.54) is 34.3 Å². The van der Waals surface area contributed by atoms with Crippen molar-refractivity contribution in [3.8, 4) is 0 Å². The molecule has 2 aliphatic rings. The lowest BCUT2D eigenvalue weighted by Crippen LogP contribution is -2.38. The van der Waals surface area contributed by atoms with E-state index in [1.54, 1.807) is 0 Å². The summed E-state index contributed by atoms with van der Waals surface area (Å²) in [7, 11) is 0. The third-order valence-electron chi connectivity index (χ3n) is 7.32. The number of rotatable bonds is 8. The Labute approximate surface area is 251 Å². The van der Waals surface area contributed by atoms with Gasteiger partial charge >= 0.3 is 24.5 Å². The highest BCUT2D eigenvalue weighted by molar-refractivity contribution is 5.89. The molecule has 0 aliphatic carbocycles. The lowest BCUT2D eigenvalue weighted by atomic mass is 10.0. The number of cyclic esters (lactones) is 2. The van der Waals surface area contributed by atoms with Gasteiger partial charge < -0.3 is 9.47 Å². The molecule has 2 fully saturated rings. The van der Waals surface area contributed by atoms with Crippen LogP contribution in [0.4, 0.5) is 47.6 Å². The second-order valence-electron chi connectivity index (χ2n) is 11.5. The van der Waals surface area contributed by atoms with Crippen molar-refractivity contribution >= 4 is 23.8 Å². The van der Waals surface area contributed by atoms with Gasteiger partial charge in [0.25, 0.3) is 0 Å². The van der Waals surface area contributed by atoms with E-state index in [4.69, 9.17) is 9.47 Å². The van der Waals surface area contributed by atoms with Crippen molar-refractivity contribution in [1.29, 1.82) is 0 Å². The maximum atomic E-state index is 12.6. The molecule has 2 aromatic heterocycles. The Hall–Kier alpha value is -3.72. The third-order valence-corrected chi connectivity index (χ3v) is 7.32. The molecule has 0 unspecified atom stereocenters. The summed E-state index contributed by atoms with van der Waals surface area (Å²) in [6.07, 6.45) is -7.59. The van der Waals surface area contributed by atoms with Crippen molar-refractivity contribution in [2.24, 2.45) is 23.7 Å². The topological polar surface area (TPSA) is 111 Å². The molecule has 2 saturated heterocycles. The largest absolute Gasteiger partial charge is 0.447 e. The van der Waals surface area contributed by atoms with Crippen LogP contribution in [-0.4, -0.2) is 69.8 Å². The van der Waals surface area contributed by atoms with Gasteiger partial charge in [0, 0.05) is 25.2 Å². The SMILES string of the molecule is CC(C)[C@H]1COC(=O)N1c1ccnc(C[C@@H](C)C(F)(F)F)n1.CC(C)[C@H]1COC(=O)N1c1ccnc(C[C@H](C)C(F)(F)F)n1. The smallest absolute Gasteiger partial charge is 0.415 e. The highest BCUT2D eigenvalue weighted by atomic mass is 19.4. The van der Waals surface area contributed by atoms with Crippen LogP contribution in [0.15, 0.2) is 24.5 Å². The maximum Gasteiger partial charge on any atom is 0.415 e. The Morgan fingerprint density at radius 3 is 1.34 bits per heavy atom. The average Bonchev–Trinajstić information content (AvgIpc) is 3.51. The van der Waals surface area contributed by atoms with E-state index in [1.807, 2.05) is 27.7 Å². The van der Waals surface area contributed by atoms with Crippen LogP contribution in [0.25, 0.3) is 0 Å². The van der Waals surface area contributed by atoms with Gasteiger partial charge in [0.1, 0.15) is 36.5 Å². The lowest BCUT2D eigenvalue weighted by Gasteiger charge is -2.23. The molecule has 2 aliphatic heterocycles. The maximum absolute atomic E-state index is 12.6. The standard InChI is InChI=1S/2C14H18F3N3O2/c2*1-8(2)10-7-22-13(21)20(10)12-4-5-18-11(19-12)6-9(3)14(15,16)17/h2*4-5,8-10H,6-7H2,1-3H3/t9-,10+;9-,10-/m01/s1. The third kappa shape index (κ3) is 8.68. The number of nitrogens with zero attached hydrogens (tertiary/aromatic N) is 6. The van der Waals surface area contributed by atoms with E-state index in [-0.39, 0.29) is 73.3 Å². The number of halogens is 6. The number of amides is 2. The number of anilines is 2. The van der Waals surface area contributed by atoms with Crippen LogP contribution in [0.2, 0.25) is 0 Å². The van der Waals surface area contributed by atoms with Gasteiger partial charge in [0.2, 0.25) is 0 Å². The molecular weight excluding hydrogens is 598 g/mol. The monoisotopic (exact) mass is 634 g/mol. The molecule has 44 heavy (non-hydrogen) atoms. The number of carbonyl (C=O) groups excluding carboxylic acids is 2. The van der Waals surface area contributed by atoms with Gasteiger partial charge in [-0.1, -0.05) is 41.5 Å². The number of hydrogen-bond acceptors (Lipinski definition) is 8. The van der Waals surface area contributed by atoms with Crippen LogP contribution in [0.1, 0.15) is 53.2 Å². The Kier molecular flexibility index (Phi) is 11.0. The normalized spacial score (nSPS) is 20.4. The molecule has 244 valence electrons. The van der Waals surface area contributed by atoms with Gasteiger partial charge in [0.15, 0.2) is 0 Å². The number of hydrogen-bond donors (Lipinski definition) is 0. The first-order valence-corrected chi connectivity index (χ1v) is 14.1. The summed E-state index contributed by atoms with van der Waals surface area (Å²) in [5, 5.41) is 0. The zero-order valence-corrected chi connectivity index (χ0v) is 25.2. The Morgan fingerprint density at radius 1 is 0.705 bits per heavy atom. The van der Waals surface area contributed by atoms with Gasteiger partial charge in [-0.3, -0.25) is 9.80 Å². The second kappa shape index (κ2) is 13.9. The minimum Gasteiger partial charge on any atom is -0.447 e. The highest BCUT2D eigenvalue weighted by Gasteiger charge is 2.40. The first kappa shape index (κ1) is 34.8. The van der Waals surface area contributed by atoms with E-state index in [0.717, 1.165) is 13.8 Å². The quantitative estimate of drug-likeness (QED) is 0.307. The van der Waals surface area contributed by atoms with E-state index < -0.39 is 36.4 Å². The molecule has 10 nitrogen and oxygen atoms in total. The van der Waals surface area contributed by atoms with Crippen molar-refractivity contribution in [2.75, 3.05) is 23.0 Å². The van der Waals surface area contributed by atoms with Crippen LogP contribution < -0.4 is 9.80 Å². The summed E-state index contributed by atoms with van der Waals surface area (Å²) < 4.78 is 85.8. The average molecular weight is 635 g/mol. The predicted molar refractivity (Wildman–Crippen MR) is 147 cm³/mol. The molecule has 0 N–H and O–H groups in total. The molecule has 2 amide bonds. The summed E-state index contributed by atoms with van der Waals surface area (Å²) in [6.45, 7) is 10.4. The van der Waals surface area contributed by atoms with Crippen LogP contribution in [0, 0.1) is 23.7 Å². The van der Waals surface area contributed by atoms with Crippen molar-refractivity contribution in [3.63, 3.8) is 0 Å². The fraction of sp³-hybridized carbons (Fsp3) is 0.643. The summed E-state index contributed by atoms with van der Waals surface area (Å²) in [6, 6.07) is 2.64. The number of aromatic nitrogens is 4. The molecule has 4 heterocycles. The Morgan fingerprint density at radius 2 is 1.05 bits per heavy atom. The van der Waals surface area contributed by atoms with Gasteiger partial charge in [0.05, 0.1) is 23.9 Å². The lowest BCUT2D eigenvalue weighted by molar-refractivity contribution is -0.170. The van der Waals surface area contributed by atoms with Gasteiger partial charge in [-0.05, 0) is 24.0 Å². The first-order chi connectivity index (χ1) is 20.4. The van der Waals surface area contributed by atoms with E-state index in [9.17, 15) is 35.9 Å². The molecule has 4 rings (SSSR count). The van der Waals surface area contributed by atoms with Gasteiger partial charge in [-0.25, -0.2) is 29.5 Å². The summed E-state index contributed by atoms with van der Waals surface area (Å²) in [5.41, 5.74) is 0. The molecule has 16 heteroatoms. The summed E-state index contributed by atoms with van der Waals surface area (Å²) in [5.74, 6) is -2.14. The van der Waals surface area contributed by atoms with E-state index in [2.05, 4.69) is 19.9 Å². The molecule has 0 saturated carbocycles. The van der Waals surface area contributed by atoms with Crippen LogP contribution >= 0.6 is 0 Å². The first-order valence-electron chi connectivity index (χ1n) is 14.1. The fourth-order valence-corrected chi connectivity index (χ4v) is 4.40. The minimum atomic E-state index is -4.30. The van der Waals surface area contributed by atoms with Gasteiger partial charge in [-0.15, -0.1) is 0 Å². The zero-order chi connectivity index (χ0) is 33.0. The predicted octanol–water partition coefficient (Wildman–Crippen LogP) is 6.40. The molecule has 0 spiro atoms. The Bertz CT molecular complexity index is 1190. The van der Waals surface area contributed by atoms with Crippen molar-refractivity contribution < 1.29 is 45.4 Å². The van der Waals surface area contributed by atoms with Crippen LogP contribution in [0.5, 0.6) is 0 Å². The second-order valence-corrected chi connectivity index (χ2v) is 11.5. The molecule has 0 bridgehead atoms. The highest BCUT2D eigenvalue weighted by Crippen LogP contribution is 2.31. The van der Waals surface area contributed by atoms with Crippen LogP contribution in [0.3, 0.4) is 0 Å². The molecule has 2 aromatic rings. The molecule has 0 aromatic carbocycles. The van der Waals surface area contributed by atoms with Crippen LogP contribution in [-0.2, 0) is 22.3 Å². The van der Waals surface area contributed by atoms with Crippen molar-refractivity contribution in [3.05, 3.63) is 36.2 Å². The summed E-state index contributed by atoms with van der Waals surface area (Å²) in [4.78, 5) is 42.4. The zero-order valence-electron chi connectivity index (χ0n) is 25.2. The molecule has 4 atom stereocenters.